The van der Waals surface area contributed by atoms with Crippen LogP contribution in [-0.2, 0) is 8.53 Å². The number of hydrogen-bond donors (Lipinski definition) is 0. The molecule has 3 heteroatoms. The highest BCUT2D eigenvalue weighted by atomic mass is 27.2. The van der Waals surface area contributed by atoms with E-state index >= 15 is 0 Å². The average Bonchev–Trinajstić information content (AvgIpc) is 2.43. The smallest absolute Gasteiger partial charge is 0.462 e. The van der Waals surface area contributed by atoms with Gasteiger partial charge < -0.3 is 8.53 Å². The molecule has 0 aromatic carbocycles. The van der Waals surface area contributed by atoms with Crippen LogP contribution >= 0.6 is 0 Å². The van der Waals surface area contributed by atoms with Crippen molar-refractivity contribution in [3.63, 3.8) is 0 Å². The Hall–Kier alpha value is 0.452. The Labute approximate surface area is 126 Å². The third kappa shape index (κ3) is 11.9. The molecule has 0 bridgehead atoms. The number of unbranched alkanes of at least 4 members (excludes halogenated alkanes) is 5. The van der Waals surface area contributed by atoms with E-state index in [0.29, 0.717) is 0 Å². The molecule has 0 aromatic heterocycles. The number of hydrogen-bond acceptors (Lipinski definition) is 2. The largest absolute Gasteiger partial charge is 0.478 e. The highest BCUT2D eigenvalue weighted by Gasteiger charge is 2.20. The first-order chi connectivity index (χ1) is 9.28. The molecule has 0 fully saturated rings. The molecule has 114 valence electrons. The van der Waals surface area contributed by atoms with Crippen molar-refractivity contribution in [3.05, 3.63) is 0 Å². The molecule has 2 nitrogen and oxygen atoms in total. The summed E-state index contributed by atoms with van der Waals surface area (Å²) in [5.74, 6) is 0. The molecule has 0 radical (unpaired) electrons. The molecule has 0 aliphatic rings. The molecule has 0 aliphatic heterocycles. The first-order valence-corrected chi connectivity index (χ1v) is 10.7. The van der Waals surface area contributed by atoms with Gasteiger partial charge in [-0.1, -0.05) is 76.8 Å². The second-order valence-electron chi connectivity index (χ2n) is 5.43. The number of ether oxygens (including phenoxy) is 1. The Balaban J connectivity index is 3.64. The molecule has 0 N–H and O–H groups in total. The first kappa shape index (κ1) is 19.5. The summed E-state index contributed by atoms with van der Waals surface area (Å²) in [6.45, 7) is 9.84. The molecule has 0 spiro atoms. The zero-order valence-corrected chi connectivity index (χ0v) is 14.9. The van der Waals surface area contributed by atoms with Gasteiger partial charge in [0, 0.05) is 6.61 Å². The van der Waals surface area contributed by atoms with E-state index < -0.39 is 14.5 Å². The van der Waals surface area contributed by atoms with Crippen LogP contribution in [0.1, 0.15) is 79.1 Å². The summed E-state index contributed by atoms with van der Waals surface area (Å²) in [6.07, 6.45) is 10.2. The van der Waals surface area contributed by atoms with Crippen LogP contribution in [0.2, 0.25) is 10.6 Å². The Kier molecular flexibility index (Phi) is 15.2. The third-order valence-electron chi connectivity index (χ3n) is 3.58. The topological polar surface area (TPSA) is 18.5 Å². The maximum absolute atomic E-state index is 6.15. The van der Waals surface area contributed by atoms with Gasteiger partial charge in [0.1, 0.15) is 6.29 Å². The van der Waals surface area contributed by atoms with Gasteiger partial charge in [-0.2, -0.15) is 0 Å². The van der Waals surface area contributed by atoms with E-state index in [2.05, 4.69) is 27.7 Å². The van der Waals surface area contributed by atoms with E-state index in [9.17, 15) is 0 Å². The first-order valence-electron chi connectivity index (χ1n) is 8.55. The van der Waals surface area contributed by atoms with Gasteiger partial charge in [0.15, 0.2) is 0 Å². The van der Waals surface area contributed by atoms with E-state index in [-0.39, 0.29) is 6.29 Å². The van der Waals surface area contributed by atoms with Crippen molar-refractivity contribution < 1.29 is 8.53 Å². The van der Waals surface area contributed by atoms with Crippen molar-refractivity contribution in [3.8, 4) is 0 Å². The fourth-order valence-electron chi connectivity index (χ4n) is 2.22. The standard InChI is InChI=1S/C12H25O2.2C2H5.Al/c1-3-5-6-7-8-9-11-14-12(13)10-4-2;2*1-2;/h12H,3-11H2,1-2H3;2*1H2,2H3;/q-1;;;+1. The lowest BCUT2D eigenvalue weighted by atomic mass is 10.1. The van der Waals surface area contributed by atoms with Gasteiger partial charge in [0.05, 0.1) is 0 Å². The monoisotopic (exact) mass is 286 g/mol. The van der Waals surface area contributed by atoms with E-state index in [4.69, 9.17) is 8.53 Å². The summed E-state index contributed by atoms with van der Waals surface area (Å²) in [5.41, 5.74) is 0. The maximum Gasteiger partial charge on any atom is 0.462 e. The van der Waals surface area contributed by atoms with Crippen LogP contribution < -0.4 is 0 Å². The fourth-order valence-corrected chi connectivity index (χ4v) is 3.83. The van der Waals surface area contributed by atoms with Crippen LogP contribution in [0.3, 0.4) is 0 Å². The minimum atomic E-state index is -0.981. The molecule has 0 aliphatic carbocycles. The van der Waals surface area contributed by atoms with Gasteiger partial charge in [-0.15, -0.1) is 0 Å². The van der Waals surface area contributed by atoms with E-state index in [0.717, 1.165) is 19.4 Å². The zero-order chi connectivity index (χ0) is 14.3. The zero-order valence-electron chi connectivity index (χ0n) is 13.7. The quantitative estimate of drug-likeness (QED) is 0.237. The Morgan fingerprint density at radius 2 is 1.42 bits per heavy atom. The highest BCUT2D eigenvalue weighted by molar-refractivity contribution is 6.51. The predicted octanol–water partition coefficient (Wildman–Crippen LogP) is 5.54. The van der Waals surface area contributed by atoms with Gasteiger partial charge in [-0.25, -0.2) is 0 Å². The van der Waals surface area contributed by atoms with Crippen LogP contribution in [0.25, 0.3) is 0 Å². The predicted molar refractivity (Wildman–Crippen MR) is 85.8 cm³/mol. The molecule has 1 unspecified atom stereocenters. The van der Waals surface area contributed by atoms with Gasteiger partial charge in [0.2, 0.25) is 0 Å². The lowest BCUT2D eigenvalue weighted by molar-refractivity contribution is -0.0886. The summed E-state index contributed by atoms with van der Waals surface area (Å²) in [5, 5.41) is 2.44. The molecular formula is C16H35AlO2. The summed E-state index contributed by atoms with van der Waals surface area (Å²) in [4.78, 5) is 0. The van der Waals surface area contributed by atoms with Crippen LogP contribution in [0.5, 0.6) is 0 Å². The van der Waals surface area contributed by atoms with Gasteiger partial charge in [-0.3, -0.25) is 0 Å². The summed E-state index contributed by atoms with van der Waals surface area (Å²) < 4.78 is 12.1. The van der Waals surface area contributed by atoms with Crippen molar-refractivity contribution >= 4 is 14.5 Å². The van der Waals surface area contributed by atoms with Gasteiger partial charge in [-0.05, 0) is 12.8 Å². The van der Waals surface area contributed by atoms with E-state index in [1.807, 2.05) is 0 Å². The number of rotatable bonds is 14. The summed E-state index contributed by atoms with van der Waals surface area (Å²) in [7, 11) is 0. The van der Waals surface area contributed by atoms with Crippen molar-refractivity contribution in [1.29, 1.82) is 0 Å². The van der Waals surface area contributed by atoms with Crippen LogP contribution in [0.4, 0.5) is 0 Å². The van der Waals surface area contributed by atoms with E-state index in [1.165, 1.54) is 49.1 Å². The Morgan fingerprint density at radius 3 is 2.00 bits per heavy atom. The summed E-state index contributed by atoms with van der Waals surface area (Å²) >= 11 is -0.981. The van der Waals surface area contributed by atoms with Crippen LogP contribution in [0, 0.1) is 0 Å². The van der Waals surface area contributed by atoms with E-state index in [1.54, 1.807) is 0 Å². The van der Waals surface area contributed by atoms with Crippen molar-refractivity contribution in [2.75, 3.05) is 6.61 Å². The Morgan fingerprint density at radius 1 is 0.789 bits per heavy atom. The SMILES string of the molecule is CCCCCCCCOC(CCC)[O][Al]([CH2]C)[CH2]C. The van der Waals surface area contributed by atoms with Gasteiger partial charge >= 0.3 is 14.5 Å². The molecule has 0 amide bonds. The molecule has 1 atom stereocenters. The average molecular weight is 286 g/mol. The van der Waals surface area contributed by atoms with Crippen LogP contribution in [0.15, 0.2) is 0 Å². The molecular weight excluding hydrogens is 251 g/mol. The van der Waals surface area contributed by atoms with Gasteiger partial charge in [0.25, 0.3) is 0 Å². The normalized spacial score (nSPS) is 12.6. The van der Waals surface area contributed by atoms with Crippen LogP contribution in [-0.4, -0.2) is 27.4 Å². The lowest BCUT2D eigenvalue weighted by Crippen LogP contribution is -2.27. The molecule has 0 aromatic rings. The third-order valence-corrected chi connectivity index (χ3v) is 6.09. The minimum Gasteiger partial charge on any atom is -0.478 e. The second kappa shape index (κ2) is 14.9. The lowest BCUT2D eigenvalue weighted by Gasteiger charge is -2.22. The highest BCUT2D eigenvalue weighted by Crippen LogP contribution is 2.12. The minimum absolute atomic E-state index is 0.0807. The van der Waals surface area contributed by atoms with Crippen molar-refractivity contribution in [2.24, 2.45) is 0 Å². The molecule has 0 heterocycles. The molecule has 0 saturated heterocycles. The molecule has 0 saturated carbocycles. The second-order valence-corrected chi connectivity index (χ2v) is 8.58. The molecule has 19 heavy (non-hydrogen) atoms. The molecule has 0 rings (SSSR count). The Bertz CT molecular complexity index is 172. The fraction of sp³-hybridized carbons (Fsp3) is 1.00. The van der Waals surface area contributed by atoms with Crippen molar-refractivity contribution in [1.82, 2.24) is 0 Å². The summed E-state index contributed by atoms with van der Waals surface area (Å²) in [6, 6.07) is 0. The van der Waals surface area contributed by atoms with Crippen molar-refractivity contribution in [2.45, 2.75) is 95.9 Å². The maximum atomic E-state index is 6.15.